The molecule has 0 fully saturated rings. The maximum Gasteiger partial charge on any atom is 0.343 e. The number of hydrazone groups is 1. The highest BCUT2D eigenvalue weighted by Gasteiger charge is 2.13. The molecule has 0 aliphatic rings. The summed E-state index contributed by atoms with van der Waals surface area (Å²) in [4.78, 5) is 28.4. The van der Waals surface area contributed by atoms with Gasteiger partial charge < -0.3 is 14.2 Å². The van der Waals surface area contributed by atoms with Gasteiger partial charge in [-0.25, -0.2) is 10.2 Å². The number of rotatable bonds is 9. The van der Waals surface area contributed by atoms with Crippen LogP contribution in [0.25, 0.3) is 0 Å². The maximum absolute atomic E-state index is 12.5. The Bertz CT molecular complexity index is 1080. The van der Waals surface area contributed by atoms with Crippen molar-refractivity contribution in [2.24, 2.45) is 5.10 Å². The Morgan fingerprint density at radius 3 is 2.31 bits per heavy atom. The molecule has 0 radical (unpaired) electrons. The number of amides is 1. The van der Waals surface area contributed by atoms with Crippen LogP contribution >= 0.6 is 0 Å². The number of aromatic nitrogens is 1. The van der Waals surface area contributed by atoms with E-state index in [2.05, 4.69) is 15.5 Å². The third-order valence-corrected chi connectivity index (χ3v) is 4.19. The molecule has 3 rings (SSSR count). The van der Waals surface area contributed by atoms with E-state index in [-0.39, 0.29) is 11.7 Å². The summed E-state index contributed by atoms with van der Waals surface area (Å²) in [7, 11) is 0. The smallest absolute Gasteiger partial charge is 0.343 e. The molecular weight excluding hydrogens is 410 g/mol. The Morgan fingerprint density at radius 2 is 1.62 bits per heavy atom. The highest BCUT2D eigenvalue weighted by Crippen LogP contribution is 2.29. The molecule has 0 spiro atoms. The highest BCUT2D eigenvalue weighted by molar-refractivity contribution is 5.95. The van der Waals surface area contributed by atoms with Gasteiger partial charge in [-0.2, -0.15) is 5.10 Å². The van der Waals surface area contributed by atoms with Crippen LogP contribution in [0.5, 0.6) is 17.2 Å². The van der Waals surface area contributed by atoms with Crippen LogP contribution in [0.4, 0.5) is 0 Å². The summed E-state index contributed by atoms with van der Waals surface area (Å²) in [5.74, 6) is 0.480. The van der Waals surface area contributed by atoms with Gasteiger partial charge in [-0.05, 0) is 74.0 Å². The lowest BCUT2D eigenvalue weighted by molar-refractivity contribution is 0.0728. The van der Waals surface area contributed by atoms with Crippen LogP contribution in [-0.2, 0) is 0 Å². The van der Waals surface area contributed by atoms with E-state index in [1.54, 1.807) is 54.6 Å². The van der Waals surface area contributed by atoms with Crippen LogP contribution < -0.4 is 19.6 Å². The molecular formula is C24H23N3O5. The Balaban J connectivity index is 1.68. The molecule has 3 aromatic rings. The normalized spacial score (nSPS) is 10.6. The molecule has 0 saturated carbocycles. The van der Waals surface area contributed by atoms with Gasteiger partial charge >= 0.3 is 5.97 Å². The third kappa shape index (κ3) is 6.15. The fourth-order valence-corrected chi connectivity index (χ4v) is 2.70. The summed E-state index contributed by atoms with van der Waals surface area (Å²) < 4.78 is 16.5. The second kappa shape index (κ2) is 11.3. The molecule has 2 aromatic carbocycles. The molecule has 8 heteroatoms. The zero-order chi connectivity index (χ0) is 22.8. The number of carbonyl (C=O) groups excluding carboxylic acids is 2. The molecule has 32 heavy (non-hydrogen) atoms. The summed E-state index contributed by atoms with van der Waals surface area (Å²) in [6.07, 6.45) is 4.53. The first-order chi connectivity index (χ1) is 15.6. The Kier molecular flexibility index (Phi) is 7.91. The van der Waals surface area contributed by atoms with E-state index in [9.17, 15) is 9.59 Å². The second-order valence-corrected chi connectivity index (χ2v) is 6.42. The topological polar surface area (TPSA) is 99.1 Å². The van der Waals surface area contributed by atoms with Gasteiger partial charge in [-0.15, -0.1) is 0 Å². The van der Waals surface area contributed by atoms with Gasteiger partial charge in [0, 0.05) is 18.0 Å². The molecule has 0 atom stereocenters. The number of pyridine rings is 1. The van der Waals surface area contributed by atoms with Crippen molar-refractivity contribution in [3.8, 4) is 17.2 Å². The lowest BCUT2D eigenvalue weighted by atomic mass is 10.2. The lowest BCUT2D eigenvalue weighted by Gasteiger charge is -2.11. The summed E-state index contributed by atoms with van der Waals surface area (Å²) in [5.41, 5.74) is 3.94. The summed E-state index contributed by atoms with van der Waals surface area (Å²) >= 11 is 0. The Labute approximate surface area is 185 Å². The zero-order valence-electron chi connectivity index (χ0n) is 17.8. The Morgan fingerprint density at radius 1 is 0.906 bits per heavy atom. The second-order valence-electron chi connectivity index (χ2n) is 6.42. The van der Waals surface area contributed by atoms with Gasteiger partial charge in [0.2, 0.25) is 0 Å². The number of nitrogens with zero attached hydrogens (tertiary/aromatic N) is 2. The van der Waals surface area contributed by atoms with Crippen molar-refractivity contribution < 1.29 is 23.8 Å². The van der Waals surface area contributed by atoms with Crippen LogP contribution in [-0.4, -0.2) is 36.3 Å². The predicted octanol–water partition coefficient (Wildman–Crippen LogP) is 3.86. The first-order valence-corrected chi connectivity index (χ1v) is 10.1. The summed E-state index contributed by atoms with van der Waals surface area (Å²) in [6, 6.07) is 14.9. The lowest BCUT2D eigenvalue weighted by Crippen LogP contribution is -2.17. The Hall–Kier alpha value is -4.20. The van der Waals surface area contributed by atoms with Gasteiger partial charge in [0.15, 0.2) is 11.5 Å². The number of carbonyl (C=O) groups is 2. The molecule has 0 aliphatic carbocycles. The van der Waals surface area contributed by atoms with Crippen LogP contribution in [0.15, 0.2) is 72.1 Å². The first-order valence-electron chi connectivity index (χ1n) is 10.1. The van der Waals surface area contributed by atoms with Crippen molar-refractivity contribution in [1.29, 1.82) is 0 Å². The van der Waals surface area contributed by atoms with Crippen LogP contribution in [0.2, 0.25) is 0 Å². The number of ether oxygens (including phenoxy) is 3. The van der Waals surface area contributed by atoms with Gasteiger partial charge in [0.05, 0.1) is 25.0 Å². The minimum atomic E-state index is -0.514. The van der Waals surface area contributed by atoms with E-state index in [0.29, 0.717) is 41.4 Å². The average molecular weight is 433 g/mol. The minimum Gasteiger partial charge on any atom is -0.494 e. The van der Waals surface area contributed by atoms with Crippen molar-refractivity contribution >= 4 is 18.1 Å². The molecule has 0 aliphatic heterocycles. The molecule has 1 heterocycles. The van der Waals surface area contributed by atoms with E-state index < -0.39 is 5.97 Å². The molecule has 164 valence electrons. The van der Waals surface area contributed by atoms with E-state index in [4.69, 9.17) is 14.2 Å². The van der Waals surface area contributed by atoms with Crippen LogP contribution in [0, 0.1) is 0 Å². The molecule has 1 amide bonds. The van der Waals surface area contributed by atoms with E-state index in [1.807, 2.05) is 13.8 Å². The average Bonchev–Trinajstić information content (AvgIpc) is 2.82. The molecule has 0 unspecified atom stereocenters. The van der Waals surface area contributed by atoms with E-state index >= 15 is 0 Å². The molecule has 0 bridgehead atoms. The van der Waals surface area contributed by atoms with Crippen molar-refractivity contribution in [3.05, 3.63) is 83.7 Å². The fourth-order valence-electron chi connectivity index (χ4n) is 2.70. The van der Waals surface area contributed by atoms with Crippen molar-refractivity contribution in [1.82, 2.24) is 10.4 Å². The maximum atomic E-state index is 12.5. The summed E-state index contributed by atoms with van der Waals surface area (Å²) in [6.45, 7) is 4.64. The molecule has 8 nitrogen and oxygen atoms in total. The van der Waals surface area contributed by atoms with Crippen LogP contribution in [0.1, 0.15) is 40.1 Å². The van der Waals surface area contributed by atoms with Crippen molar-refractivity contribution in [3.63, 3.8) is 0 Å². The SMILES string of the molecule is CCOc1ccc(C(=O)Oc2ccc(/C=N/NC(=O)c3ccncc3)cc2OCC)cc1. The molecule has 0 saturated heterocycles. The first kappa shape index (κ1) is 22.5. The monoisotopic (exact) mass is 433 g/mol. The quantitative estimate of drug-likeness (QED) is 0.238. The third-order valence-electron chi connectivity index (χ3n) is 4.19. The van der Waals surface area contributed by atoms with Gasteiger partial charge in [0.1, 0.15) is 5.75 Å². The van der Waals surface area contributed by atoms with Crippen molar-refractivity contribution in [2.45, 2.75) is 13.8 Å². The fraction of sp³-hybridized carbons (Fsp3) is 0.167. The minimum absolute atomic E-state index is 0.281. The summed E-state index contributed by atoms with van der Waals surface area (Å²) in [5, 5.41) is 3.96. The van der Waals surface area contributed by atoms with Gasteiger partial charge in [-0.1, -0.05) is 0 Å². The standard InChI is InChI=1S/C24H23N3O5/c1-3-30-20-8-6-19(7-9-20)24(29)32-21-10-5-17(15-22(21)31-4-2)16-26-27-23(28)18-11-13-25-14-12-18/h5-16H,3-4H2,1-2H3,(H,27,28)/b26-16+. The molecule has 1 aromatic heterocycles. The highest BCUT2D eigenvalue weighted by atomic mass is 16.6. The predicted molar refractivity (Wildman–Crippen MR) is 119 cm³/mol. The zero-order valence-corrected chi connectivity index (χ0v) is 17.8. The van der Waals surface area contributed by atoms with E-state index in [1.165, 1.54) is 18.6 Å². The number of hydrogen-bond acceptors (Lipinski definition) is 7. The van der Waals surface area contributed by atoms with E-state index in [0.717, 1.165) is 0 Å². The van der Waals surface area contributed by atoms with Gasteiger partial charge in [0.25, 0.3) is 5.91 Å². The van der Waals surface area contributed by atoms with Crippen LogP contribution in [0.3, 0.4) is 0 Å². The van der Waals surface area contributed by atoms with Crippen molar-refractivity contribution in [2.75, 3.05) is 13.2 Å². The number of hydrogen-bond donors (Lipinski definition) is 1. The number of esters is 1. The van der Waals surface area contributed by atoms with Gasteiger partial charge in [-0.3, -0.25) is 9.78 Å². The molecule has 1 N–H and O–H groups in total. The largest absolute Gasteiger partial charge is 0.494 e. The number of nitrogens with one attached hydrogen (secondary N) is 1. The number of benzene rings is 2.